The van der Waals surface area contributed by atoms with Gasteiger partial charge in [-0.2, -0.15) is 9.61 Å². The zero-order valence-corrected chi connectivity index (χ0v) is 13.9. The lowest BCUT2D eigenvalue weighted by atomic mass is 10.0. The molecule has 3 rings (SSSR count). The quantitative estimate of drug-likeness (QED) is 0.868. The first-order valence-corrected chi connectivity index (χ1v) is 8.12. The number of ether oxygens (including phenoxy) is 1. The summed E-state index contributed by atoms with van der Waals surface area (Å²) in [6, 6.07) is 2.16. The van der Waals surface area contributed by atoms with E-state index < -0.39 is 0 Å². The number of aromatic nitrogens is 4. The molecule has 0 aliphatic carbocycles. The summed E-state index contributed by atoms with van der Waals surface area (Å²) in [4.78, 5) is 2.37. The van der Waals surface area contributed by atoms with Crippen LogP contribution in [-0.2, 0) is 4.74 Å². The number of hydrogen-bond acceptors (Lipinski definition) is 5. The van der Waals surface area contributed by atoms with Gasteiger partial charge in [0.05, 0.1) is 24.1 Å². The largest absolute Gasteiger partial charge is 0.375 e. The summed E-state index contributed by atoms with van der Waals surface area (Å²) in [6.45, 7) is 11.3. The maximum atomic E-state index is 5.91. The van der Waals surface area contributed by atoms with Crippen LogP contribution in [0.25, 0.3) is 5.65 Å². The molecule has 0 N–H and O–H groups in total. The van der Waals surface area contributed by atoms with Gasteiger partial charge in [0.1, 0.15) is 6.33 Å². The standard InChI is InChI=1S/C16H25N5O/c1-11(2)7-13-9-20(5-6-22-13)15-8-14(12(3)4)19-21-10-17-18-16(15)21/h8,10-13H,5-7,9H2,1-4H3. The molecular formula is C16H25N5O. The molecule has 6 nitrogen and oxygen atoms in total. The van der Waals surface area contributed by atoms with Crippen molar-refractivity contribution in [1.82, 2.24) is 19.8 Å². The van der Waals surface area contributed by atoms with Gasteiger partial charge in [-0.3, -0.25) is 0 Å². The van der Waals surface area contributed by atoms with Crippen molar-refractivity contribution in [3.05, 3.63) is 18.1 Å². The van der Waals surface area contributed by atoms with Gasteiger partial charge in [0.2, 0.25) is 5.65 Å². The first kappa shape index (κ1) is 15.2. The SMILES string of the molecule is CC(C)CC1CN(c2cc(C(C)C)nn3cnnc23)CCO1. The van der Waals surface area contributed by atoms with E-state index in [4.69, 9.17) is 4.74 Å². The number of morpholine rings is 1. The van der Waals surface area contributed by atoms with Crippen LogP contribution >= 0.6 is 0 Å². The van der Waals surface area contributed by atoms with E-state index in [1.807, 2.05) is 0 Å². The Morgan fingerprint density at radius 1 is 1.32 bits per heavy atom. The summed E-state index contributed by atoms with van der Waals surface area (Å²) in [5.41, 5.74) is 3.01. The van der Waals surface area contributed by atoms with Gasteiger partial charge in [0.25, 0.3) is 0 Å². The minimum Gasteiger partial charge on any atom is -0.375 e. The molecule has 120 valence electrons. The number of rotatable bonds is 4. The van der Waals surface area contributed by atoms with E-state index in [9.17, 15) is 0 Å². The molecule has 2 aromatic heterocycles. The fourth-order valence-corrected chi connectivity index (χ4v) is 2.95. The van der Waals surface area contributed by atoms with E-state index in [0.29, 0.717) is 11.8 Å². The number of anilines is 1. The van der Waals surface area contributed by atoms with Crippen molar-refractivity contribution < 1.29 is 4.74 Å². The molecule has 0 radical (unpaired) electrons. The van der Waals surface area contributed by atoms with Gasteiger partial charge >= 0.3 is 0 Å². The van der Waals surface area contributed by atoms with E-state index in [1.54, 1.807) is 10.8 Å². The predicted molar refractivity (Wildman–Crippen MR) is 86.3 cm³/mol. The molecule has 6 heteroatoms. The summed E-state index contributed by atoms with van der Waals surface area (Å²) in [7, 11) is 0. The zero-order chi connectivity index (χ0) is 15.7. The average molecular weight is 303 g/mol. The van der Waals surface area contributed by atoms with Crippen LogP contribution in [0.4, 0.5) is 5.69 Å². The molecule has 1 fully saturated rings. The maximum absolute atomic E-state index is 5.91. The first-order chi connectivity index (χ1) is 10.5. The molecule has 1 unspecified atom stereocenters. The predicted octanol–water partition coefficient (Wildman–Crippen LogP) is 2.50. The van der Waals surface area contributed by atoms with Crippen molar-refractivity contribution >= 4 is 11.3 Å². The van der Waals surface area contributed by atoms with Crippen LogP contribution in [0.15, 0.2) is 12.4 Å². The van der Waals surface area contributed by atoms with Crippen LogP contribution in [0, 0.1) is 5.92 Å². The third kappa shape index (κ3) is 3.06. The van der Waals surface area contributed by atoms with Crippen molar-refractivity contribution in [3.8, 4) is 0 Å². The van der Waals surface area contributed by atoms with Crippen molar-refractivity contribution in [1.29, 1.82) is 0 Å². The summed E-state index contributed by atoms with van der Waals surface area (Å²) in [5.74, 6) is 1.01. The van der Waals surface area contributed by atoms with Crippen molar-refractivity contribution in [2.45, 2.75) is 46.1 Å². The Balaban J connectivity index is 1.92. The fraction of sp³-hybridized carbons (Fsp3) is 0.688. The third-order valence-electron chi connectivity index (χ3n) is 4.07. The van der Waals surface area contributed by atoms with Crippen LogP contribution in [0.2, 0.25) is 0 Å². The molecule has 0 spiro atoms. The van der Waals surface area contributed by atoms with Crippen LogP contribution in [0.5, 0.6) is 0 Å². The summed E-state index contributed by atoms with van der Waals surface area (Å²) in [6.07, 6.45) is 3.05. The third-order valence-corrected chi connectivity index (χ3v) is 4.07. The van der Waals surface area contributed by atoms with Gasteiger partial charge in [-0.1, -0.05) is 27.7 Å². The van der Waals surface area contributed by atoms with E-state index in [1.165, 1.54) is 0 Å². The highest BCUT2D eigenvalue weighted by Gasteiger charge is 2.24. The van der Waals surface area contributed by atoms with Gasteiger partial charge in [-0.05, 0) is 24.3 Å². The Morgan fingerprint density at radius 2 is 2.14 bits per heavy atom. The van der Waals surface area contributed by atoms with Gasteiger partial charge in [-0.25, -0.2) is 0 Å². The molecule has 0 amide bonds. The van der Waals surface area contributed by atoms with Crippen molar-refractivity contribution in [2.75, 3.05) is 24.6 Å². The second-order valence-corrected chi connectivity index (χ2v) is 6.78. The Hall–Kier alpha value is -1.69. The molecule has 1 atom stereocenters. The highest BCUT2D eigenvalue weighted by molar-refractivity contribution is 5.68. The van der Waals surface area contributed by atoms with Crippen LogP contribution in [-0.4, -0.2) is 45.6 Å². The molecular weight excluding hydrogens is 278 g/mol. The maximum Gasteiger partial charge on any atom is 0.200 e. The highest BCUT2D eigenvalue weighted by atomic mass is 16.5. The second-order valence-electron chi connectivity index (χ2n) is 6.78. The van der Waals surface area contributed by atoms with E-state index in [-0.39, 0.29) is 6.10 Å². The van der Waals surface area contributed by atoms with Crippen molar-refractivity contribution in [3.63, 3.8) is 0 Å². The zero-order valence-electron chi connectivity index (χ0n) is 13.9. The molecule has 0 saturated carbocycles. The Labute approximate surface area is 131 Å². The second kappa shape index (κ2) is 6.20. The minimum absolute atomic E-state index is 0.285. The lowest BCUT2D eigenvalue weighted by Crippen LogP contribution is -2.43. The van der Waals surface area contributed by atoms with Crippen LogP contribution < -0.4 is 4.90 Å². The Kier molecular flexibility index (Phi) is 4.29. The van der Waals surface area contributed by atoms with E-state index in [2.05, 4.69) is 54.0 Å². The molecule has 1 aliphatic heterocycles. The monoisotopic (exact) mass is 303 g/mol. The Morgan fingerprint density at radius 3 is 2.86 bits per heavy atom. The molecule has 0 bridgehead atoms. The number of nitrogens with zero attached hydrogens (tertiary/aromatic N) is 5. The van der Waals surface area contributed by atoms with Gasteiger partial charge in [0.15, 0.2) is 0 Å². The molecule has 22 heavy (non-hydrogen) atoms. The topological polar surface area (TPSA) is 55.6 Å². The Bertz CT molecular complexity index is 636. The van der Waals surface area contributed by atoms with Gasteiger partial charge in [-0.15, -0.1) is 10.2 Å². The fourth-order valence-electron chi connectivity index (χ4n) is 2.95. The molecule has 3 heterocycles. The summed E-state index contributed by atoms with van der Waals surface area (Å²) >= 11 is 0. The smallest absolute Gasteiger partial charge is 0.200 e. The van der Waals surface area contributed by atoms with E-state index >= 15 is 0 Å². The lowest BCUT2D eigenvalue weighted by Gasteiger charge is -2.35. The minimum atomic E-state index is 0.285. The first-order valence-electron chi connectivity index (χ1n) is 8.12. The average Bonchev–Trinajstić information content (AvgIpc) is 2.94. The highest BCUT2D eigenvalue weighted by Crippen LogP contribution is 2.26. The van der Waals surface area contributed by atoms with Crippen molar-refractivity contribution in [2.24, 2.45) is 5.92 Å². The number of fused-ring (bicyclic) bond motifs is 1. The van der Waals surface area contributed by atoms with E-state index in [0.717, 1.165) is 43.1 Å². The van der Waals surface area contributed by atoms with Crippen LogP contribution in [0.1, 0.15) is 45.7 Å². The molecule has 0 aromatic carbocycles. The molecule has 1 saturated heterocycles. The van der Waals surface area contributed by atoms with Gasteiger partial charge in [0, 0.05) is 13.1 Å². The number of hydrogen-bond donors (Lipinski definition) is 0. The summed E-state index contributed by atoms with van der Waals surface area (Å²) in [5, 5.41) is 12.9. The van der Waals surface area contributed by atoms with Crippen LogP contribution in [0.3, 0.4) is 0 Å². The molecule has 1 aliphatic rings. The normalized spacial score (nSPS) is 19.5. The molecule has 2 aromatic rings. The van der Waals surface area contributed by atoms with Gasteiger partial charge < -0.3 is 9.64 Å². The summed E-state index contributed by atoms with van der Waals surface area (Å²) < 4.78 is 7.70. The lowest BCUT2D eigenvalue weighted by molar-refractivity contribution is 0.0276.